The molecule has 0 fully saturated rings. The summed E-state index contributed by atoms with van der Waals surface area (Å²) < 4.78 is 0. The van der Waals surface area contributed by atoms with Crippen LogP contribution in [-0.2, 0) is 0 Å². The van der Waals surface area contributed by atoms with E-state index < -0.39 is 4.92 Å². The molecule has 0 aliphatic carbocycles. The van der Waals surface area contributed by atoms with Gasteiger partial charge in [-0.15, -0.1) is 11.3 Å². The van der Waals surface area contributed by atoms with E-state index in [2.05, 4.69) is 10.3 Å². The van der Waals surface area contributed by atoms with Crippen LogP contribution in [0.2, 0.25) is 0 Å². The van der Waals surface area contributed by atoms with E-state index >= 15 is 0 Å². The number of anilines is 1. The maximum atomic E-state index is 10.8. The average molecular weight is 288 g/mol. The summed E-state index contributed by atoms with van der Waals surface area (Å²) in [4.78, 5) is 14.6. The summed E-state index contributed by atoms with van der Waals surface area (Å²) in [7, 11) is 0. The van der Waals surface area contributed by atoms with Gasteiger partial charge in [-0.3, -0.25) is 10.1 Å². The molecule has 1 heterocycles. The molecule has 1 aromatic carbocycles. The fourth-order valence-electron chi connectivity index (χ4n) is 1.76. The number of nitriles is 1. The van der Waals surface area contributed by atoms with Gasteiger partial charge in [0.1, 0.15) is 16.6 Å². The number of benzene rings is 1. The van der Waals surface area contributed by atoms with Crippen LogP contribution in [0.3, 0.4) is 0 Å². The van der Waals surface area contributed by atoms with Crippen molar-refractivity contribution < 1.29 is 4.92 Å². The lowest BCUT2D eigenvalue weighted by molar-refractivity contribution is -0.385. The summed E-state index contributed by atoms with van der Waals surface area (Å²) in [5.74, 6) is 0. The zero-order valence-corrected chi connectivity index (χ0v) is 11.8. The summed E-state index contributed by atoms with van der Waals surface area (Å²) in [5.41, 5.74) is 1.48. The van der Waals surface area contributed by atoms with Crippen molar-refractivity contribution in [2.75, 3.05) is 5.32 Å². The van der Waals surface area contributed by atoms with Crippen molar-refractivity contribution >= 4 is 22.7 Å². The van der Waals surface area contributed by atoms with Gasteiger partial charge in [0.25, 0.3) is 5.69 Å². The molecule has 1 unspecified atom stereocenters. The summed E-state index contributed by atoms with van der Waals surface area (Å²) in [5, 5.41) is 25.8. The van der Waals surface area contributed by atoms with Gasteiger partial charge in [-0.1, -0.05) is 0 Å². The number of nitro groups is 1. The Morgan fingerprint density at radius 1 is 1.55 bits per heavy atom. The smallest absolute Gasteiger partial charge is 0.287 e. The highest BCUT2D eigenvalue weighted by atomic mass is 32.1. The molecule has 2 aromatic rings. The first-order valence-corrected chi connectivity index (χ1v) is 6.76. The minimum Gasteiger partial charge on any atom is -0.376 e. The van der Waals surface area contributed by atoms with Crippen molar-refractivity contribution in [3.8, 4) is 6.07 Å². The minimum atomic E-state index is -0.560. The molecule has 1 atom stereocenters. The summed E-state index contributed by atoms with van der Waals surface area (Å²) in [6, 6.07) is 6.22. The molecule has 0 bridgehead atoms. The third-order valence-electron chi connectivity index (χ3n) is 2.70. The van der Waals surface area contributed by atoms with E-state index in [1.54, 1.807) is 17.4 Å². The Balaban J connectivity index is 2.22. The van der Waals surface area contributed by atoms with Crippen molar-refractivity contribution in [2.24, 2.45) is 0 Å². The Hall–Kier alpha value is -2.46. The van der Waals surface area contributed by atoms with E-state index in [-0.39, 0.29) is 17.3 Å². The van der Waals surface area contributed by atoms with Crippen LogP contribution >= 0.6 is 11.3 Å². The second kappa shape index (κ2) is 5.67. The van der Waals surface area contributed by atoms with Crippen LogP contribution in [0.1, 0.15) is 29.2 Å². The van der Waals surface area contributed by atoms with Gasteiger partial charge in [-0.05, 0) is 26.0 Å². The molecule has 7 heteroatoms. The van der Waals surface area contributed by atoms with Crippen molar-refractivity contribution in [1.29, 1.82) is 5.26 Å². The fourth-order valence-corrected chi connectivity index (χ4v) is 2.56. The molecule has 0 radical (unpaired) electrons. The molecule has 6 nitrogen and oxygen atoms in total. The number of rotatable bonds is 4. The van der Waals surface area contributed by atoms with Crippen molar-refractivity contribution in [1.82, 2.24) is 4.98 Å². The standard InChI is InChI=1S/C13H12N4O2S/c1-8-7-20-13(15-8)9(2)16-11-3-4-12(17(18)19)10(5-11)6-14/h3-5,7,9,16H,1-2H3. The SMILES string of the molecule is Cc1csc(C(C)Nc2ccc([N+](=O)[O-])c(C#N)c2)n1. The van der Waals surface area contributed by atoms with Crippen molar-refractivity contribution in [3.63, 3.8) is 0 Å². The average Bonchev–Trinajstić information content (AvgIpc) is 2.85. The molecule has 20 heavy (non-hydrogen) atoms. The predicted octanol–water partition coefficient (Wildman–Crippen LogP) is 3.40. The van der Waals surface area contributed by atoms with Crippen LogP contribution in [0.15, 0.2) is 23.6 Å². The van der Waals surface area contributed by atoms with Crippen molar-refractivity contribution in [3.05, 3.63) is 50.0 Å². The van der Waals surface area contributed by atoms with Gasteiger partial charge in [-0.2, -0.15) is 5.26 Å². The largest absolute Gasteiger partial charge is 0.376 e. The molecule has 0 saturated heterocycles. The molecule has 102 valence electrons. The Kier molecular flexibility index (Phi) is 3.96. The van der Waals surface area contributed by atoms with Gasteiger partial charge in [-0.25, -0.2) is 4.98 Å². The van der Waals surface area contributed by atoms with E-state index in [0.29, 0.717) is 5.69 Å². The molecule has 0 aliphatic heterocycles. The van der Waals surface area contributed by atoms with Crippen LogP contribution in [-0.4, -0.2) is 9.91 Å². The summed E-state index contributed by atoms with van der Waals surface area (Å²) >= 11 is 1.55. The number of nitrogens with zero attached hydrogens (tertiary/aromatic N) is 3. The third kappa shape index (κ3) is 2.92. The van der Waals surface area contributed by atoms with E-state index in [9.17, 15) is 10.1 Å². The number of nitrogens with one attached hydrogen (secondary N) is 1. The highest BCUT2D eigenvalue weighted by Crippen LogP contribution is 2.26. The summed E-state index contributed by atoms with van der Waals surface area (Å²) in [6.07, 6.45) is 0. The van der Waals surface area contributed by atoms with E-state index in [0.717, 1.165) is 10.7 Å². The fraction of sp³-hybridized carbons (Fsp3) is 0.231. The Morgan fingerprint density at radius 2 is 2.30 bits per heavy atom. The van der Waals surface area contributed by atoms with Gasteiger partial charge in [0.2, 0.25) is 0 Å². The first kappa shape index (κ1) is 14.0. The van der Waals surface area contributed by atoms with Gasteiger partial charge in [0, 0.05) is 22.8 Å². The zero-order valence-electron chi connectivity index (χ0n) is 11.0. The normalized spacial score (nSPS) is 11.7. The maximum absolute atomic E-state index is 10.8. The van der Waals surface area contributed by atoms with E-state index in [1.165, 1.54) is 12.1 Å². The number of hydrogen-bond donors (Lipinski definition) is 1. The minimum absolute atomic E-state index is 0.0262. The molecule has 1 N–H and O–H groups in total. The number of hydrogen-bond acceptors (Lipinski definition) is 6. The highest BCUT2D eigenvalue weighted by Gasteiger charge is 2.15. The lowest BCUT2D eigenvalue weighted by Gasteiger charge is -2.12. The predicted molar refractivity (Wildman–Crippen MR) is 76.7 cm³/mol. The first-order chi connectivity index (χ1) is 9.51. The highest BCUT2D eigenvalue weighted by molar-refractivity contribution is 7.09. The molecule has 1 aromatic heterocycles. The Morgan fingerprint density at radius 3 is 2.85 bits per heavy atom. The number of aromatic nitrogens is 1. The Bertz CT molecular complexity index is 690. The molecule has 2 rings (SSSR count). The summed E-state index contributed by atoms with van der Waals surface area (Å²) in [6.45, 7) is 3.87. The molecular weight excluding hydrogens is 276 g/mol. The lowest BCUT2D eigenvalue weighted by atomic mass is 10.1. The molecule has 0 aliphatic rings. The van der Waals surface area contributed by atoms with Gasteiger partial charge in [0.05, 0.1) is 11.0 Å². The Labute approximate surface area is 119 Å². The van der Waals surface area contributed by atoms with Crippen LogP contribution < -0.4 is 5.32 Å². The monoisotopic (exact) mass is 288 g/mol. The van der Waals surface area contributed by atoms with E-state index in [1.807, 2.05) is 25.3 Å². The van der Waals surface area contributed by atoms with E-state index in [4.69, 9.17) is 5.26 Å². The topological polar surface area (TPSA) is 91.9 Å². The number of nitro benzene ring substituents is 1. The third-order valence-corrected chi connectivity index (χ3v) is 3.85. The van der Waals surface area contributed by atoms with Gasteiger partial charge in [0.15, 0.2) is 0 Å². The van der Waals surface area contributed by atoms with Crippen LogP contribution in [0.4, 0.5) is 11.4 Å². The van der Waals surface area contributed by atoms with Crippen LogP contribution in [0.25, 0.3) is 0 Å². The zero-order chi connectivity index (χ0) is 14.7. The molecule has 0 spiro atoms. The molecule has 0 saturated carbocycles. The quantitative estimate of drug-likeness (QED) is 0.687. The number of thiazole rings is 1. The maximum Gasteiger partial charge on any atom is 0.287 e. The second-order valence-electron chi connectivity index (χ2n) is 4.29. The van der Waals surface area contributed by atoms with Crippen molar-refractivity contribution in [2.45, 2.75) is 19.9 Å². The van der Waals surface area contributed by atoms with Gasteiger partial charge >= 0.3 is 0 Å². The van der Waals surface area contributed by atoms with Gasteiger partial charge < -0.3 is 5.32 Å². The van der Waals surface area contributed by atoms with Crippen LogP contribution in [0.5, 0.6) is 0 Å². The second-order valence-corrected chi connectivity index (χ2v) is 5.18. The lowest BCUT2D eigenvalue weighted by Crippen LogP contribution is -2.06. The number of aryl methyl sites for hydroxylation is 1. The molecule has 0 amide bonds. The first-order valence-electron chi connectivity index (χ1n) is 5.88. The van der Waals surface area contributed by atoms with Crippen LogP contribution in [0, 0.1) is 28.4 Å². The molecular formula is C13H12N4O2S.